The maximum Gasteiger partial charge on any atom is 0.238 e. The van der Waals surface area contributed by atoms with E-state index in [9.17, 15) is 24.3 Å². The van der Waals surface area contributed by atoms with Crippen LogP contribution in [0.1, 0.15) is 31.2 Å². The first-order valence-electron chi connectivity index (χ1n) is 16.3. The molecule has 3 aliphatic carbocycles. The zero-order valence-electron chi connectivity index (χ0n) is 28.3. The number of ketones is 2. The number of allylic oxidation sites excluding steroid dienone is 6. The Morgan fingerprint density at radius 3 is 2.02 bits per heavy atom. The van der Waals surface area contributed by atoms with Gasteiger partial charge in [-0.05, 0) is 80.3 Å². The van der Waals surface area contributed by atoms with Gasteiger partial charge in [0.15, 0.2) is 11.6 Å². The summed E-state index contributed by atoms with van der Waals surface area (Å²) >= 11 is 0. The lowest BCUT2D eigenvalue weighted by Gasteiger charge is -2.42. The van der Waals surface area contributed by atoms with Crippen molar-refractivity contribution in [2.75, 3.05) is 38.1 Å². The largest absolute Gasteiger partial charge is 0.508 e. The van der Waals surface area contributed by atoms with Gasteiger partial charge in [-0.3, -0.25) is 24.1 Å². The van der Waals surface area contributed by atoms with E-state index in [1.165, 1.54) is 37.3 Å². The van der Waals surface area contributed by atoms with E-state index in [0.29, 0.717) is 39.3 Å². The van der Waals surface area contributed by atoms with E-state index in [1.807, 2.05) is 49.3 Å². The molecule has 4 aliphatic rings. The van der Waals surface area contributed by atoms with Crippen LogP contribution >= 0.6 is 0 Å². The Kier molecular flexibility index (Phi) is 8.21. The molecule has 3 aromatic rings. The summed E-state index contributed by atoms with van der Waals surface area (Å²) in [6.45, 7) is 1.60. The maximum atomic E-state index is 14.4. The molecule has 0 spiro atoms. The van der Waals surface area contributed by atoms with Crippen LogP contribution in [0.4, 0.5) is 22.7 Å². The van der Waals surface area contributed by atoms with Gasteiger partial charge in [0.1, 0.15) is 17.2 Å². The van der Waals surface area contributed by atoms with Crippen molar-refractivity contribution in [1.29, 1.82) is 0 Å². The lowest BCUT2D eigenvalue weighted by Crippen LogP contribution is -2.40. The van der Waals surface area contributed by atoms with Gasteiger partial charge in [0.05, 0.1) is 43.1 Å². The van der Waals surface area contributed by atoms with Crippen LogP contribution in [0.15, 0.2) is 105 Å². The van der Waals surface area contributed by atoms with E-state index in [-0.39, 0.29) is 53.5 Å². The predicted octanol–water partition coefficient (Wildman–Crippen LogP) is 6.52. The highest BCUT2D eigenvalue weighted by Crippen LogP contribution is 2.58. The van der Waals surface area contributed by atoms with Gasteiger partial charge in [0, 0.05) is 60.1 Å². The number of aromatic hydroxyl groups is 1. The van der Waals surface area contributed by atoms with Gasteiger partial charge in [0.25, 0.3) is 0 Å². The minimum atomic E-state index is -0.795. The van der Waals surface area contributed by atoms with Crippen molar-refractivity contribution >= 4 is 46.1 Å². The van der Waals surface area contributed by atoms with Crippen molar-refractivity contribution in [2.24, 2.45) is 28.0 Å². The third-order valence-electron chi connectivity index (χ3n) is 10.1. The monoisotopic (exact) mass is 672 g/mol. The fourth-order valence-electron chi connectivity index (χ4n) is 7.78. The molecule has 1 aliphatic heterocycles. The molecule has 4 atom stereocenters. The van der Waals surface area contributed by atoms with Crippen LogP contribution in [0.5, 0.6) is 17.2 Å². The van der Waals surface area contributed by atoms with Crippen LogP contribution in [0.2, 0.25) is 0 Å². The number of phenols is 1. The number of imide groups is 1. The molecule has 7 rings (SSSR count). The second-order valence-electron chi connectivity index (χ2n) is 13.1. The SMILES string of the molecule is COc1cc(O)cc(OC)c1[C@H]1C2=CC[C@@H]3C(=O)N(c4ccc(N=Nc5ccc(N(C)C)cc5)cc4)C(=O)[C@@H]3[C@@H]2CC2=C1C(=O)C=C(C)C2=O. The topological polar surface area (TPSA) is 138 Å². The molecule has 1 fully saturated rings. The molecule has 50 heavy (non-hydrogen) atoms. The molecular weight excluding hydrogens is 636 g/mol. The Labute approximate surface area is 289 Å². The molecule has 0 unspecified atom stereocenters. The Hall–Kier alpha value is -5.84. The van der Waals surface area contributed by atoms with E-state index in [1.54, 1.807) is 31.2 Å². The van der Waals surface area contributed by atoms with Crippen LogP contribution in [0, 0.1) is 17.8 Å². The number of hydrogen-bond acceptors (Lipinski definition) is 10. The van der Waals surface area contributed by atoms with Crippen molar-refractivity contribution in [3.05, 3.63) is 101 Å². The van der Waals surface area contributed by atoms with Crippen LogP contribution in [0.3, 0.4) is 0 Å². The molecule has 254 valence electrons. The normalized spacial score (nSPS) is 23.0. The molecule has 1 N–H and O–H groups in total. The number of amides is 2. The predicted molar refractivity (Wildman–Crippen MR) is 186 cm³/mol. The number of rotatable bonds is 7. The van der Waals surface area contributed by atoms with Gasteiger partial charge in [0.2, 0.25) is 11.8 Å². The van der Waals surface area contributed by atoms with Crippen molar-refractivity contribution < 1.29 is 33.8 Å². The van der Waals surface area contributed by atoms with E-state index in [4.69, 9.17) is 9.47 Å². The van der Waals surface area contributed by atoms with Crippen LogP contribution in [0.25, 0.3) is 0 Å². The summed E-state index contributed by atoms with van der Waals surface area (Å²) in [5.74, 6) is -3.54. The maximum absolute atomic E-state index is 14.4. The van der Waals surface area contributed by atoms with Gasteiger partial charge in [-0.2, -0.15) is 10.2 Å². The smallest absolute Gasteiger partial charge is 0.238 e. The molecule has 0 radical (unpaired) electrons. The first kappa shape index (κ1) is 32.7. The number of hydrogen-bond donors (Lipinski definition) is 1. The number of azo groups is 1. The first-order valence-corrected chi connectivity index (χ1v) is 16.3. The third kappa shape index (κ3) is 5.29. The fourth-order valence-corrected chi connectivity index (χ4v) is 7.78. The van der Waals surface area contributed by atoms with E-state index in [2.05, 4.69) is 10.2 Å². The van der Waals surface area contributed by atoms with Crippen LogP contribution in [-0.4, -0.2) is 56.8 Å². The Morgan fingerprint density at radius 1 is 0.840 bits per heavy atom. The third-order valence-corrected chi connectivity index (χ3v) is 10.1. The average Bonchev–Trinajstić information content (AvgIpc) is 3.37. The van der Waals surface area contributed by atoms with Gasteiger partial charge < -0.3 is 19.5 Å². The number of ether oxygens (including phenoxy) is 2. The van der Waals surface area contributed by atoms with Crippen molar-refractivity contribution in [3.8, 4) is 17.2 Å². The number of methoxy groups -OCH3 is 2. The molecule has 11 nitrogen and oxygen atoms in total. The zero-order valence-corrected chi connectivity index (χ0v) is 28.3. The molecule has 1 heterocycles. The summed E-state index contributed by atoms with van der Waals surface area (Å²) in [4.78, 5) is 58.9. The number of anilines is 2. The first-order chi connectivity index (χ1) is 24.0. The quantitative estimate of drug-likeness (QED) is 0.130. The molecule has 0 saturated carbocycles. The van der Waals surface area contributed by atoms with Gasteiger partial charge in [-0.1, -0.05) is 11.6 Å². The molecule has 1 saturated heterocycles. The highest BCUT2D eigenvalue weighted by atomic mass is 16.5. The van der Waals surface area contributed by atoms with Crippen molar-refractivity contribution in [2.45, 2.75) is 25.7 Å². The van der Waals surface area contributed by atoms with E-state index >= 15 is 0 Å². The van der Waals surface area contributed by atoms with Gasteiger partial charge in [-0.15, -0.1) is 0 Å². The fraction of sp³-hybridized carbons (Fsp3) is 0.282. The molecular formula is C39H36N4O7. The van der Waals surface area contributed by atoms with E-state index < -0.39 is 23.7 Å². The van der Waals surface area contributed by atoms with Gasteiger partial charge in [-0.25, -0.2) is 0 Å². The summed E-state index contributed by atoms with van der Waals surface area (Å²) in [6, 6.07) is 17.3. The number of benzene rings is 3. The number of nitrogens with zero attached hydrogens (tertiary/aromatic N) is 4. The standard InChI is InChI=1S/C39H36N4O7/c1-20-16-30(45)34-29(37(20)46)19-28-26(35(34)36-31(49-4)17-25(44)18-32(36)50-5)14-15-27-33(28)39(48)43(38(27)47)24-12-8-22(9-13-24)41-40-21-6-10-23(11-7-21)42(2)3/h6-14,16-18,27-28,33,35,44H,15,19H2,1-5H3/t27-,28+,33-,35-/m0/s1. The lowest BCUT2D eigenvalue weighted by atomic mass is 9.59. The minimum absolute atomic E-state index is 0.0955. The van der Waals surface area contributed by atoms with Crippen molar-refractivity contribution in [1.82, 2.24) is 0 Å². The number of carbonyl (C=O) groups excluding carboxylic acids is 4. The number of Topliss-reactive ketones (excluding diaryl/α,β-unsaturated/α-hetero) is 1. The summed E-state index contributed by atoms with van der Waals surface area (Å²) in [5, 5.41) is 19.0. The average molecular weight is 673 g/mol. The number of carbonyl (C=O) groups is 4. The second-order valence-corrected chi connectivity index (χ2v) is 13.1. The Morgan fingerprint density at radius 2 is 1.44 bits per heavy atom. The lowest BCUT2D eigenvalue weighted by molar-refractivity contribution is -0.123. The Bertz CT molecular complexity index is 2050. The summed E-state index contributed by atoms with van der Waals surface area (Å²) in [6.07, 6.45) is 3.68. The van der Waals surface area contributed by atoms with Crippen molar-refractivity contribution in [3.63, 3.8) is 0 Å². The van der Waals surface area contributed by atoms with Gasteiger partial charge >= 0.3 is 0 Å². The number of phenolic OH excluding ortho intramolecular Hbond substituents is 1. The number of fused-ring (bicyclic) bond motifs is 3. The zero-order chi connectivity index (χ0) is 35.4. The summed E-state index contributed by atoms with van der Waals surface area (Å²) < 4.78 is 11.4. The van der Waals surface area contributed by atoms with E-state index in [0.717, 1.165) is 11.3 Å². The highest BCUT2D eigenvalue weighted by Gasteiger charge is 2.57. The summed E-state index contributed by atoms with van der Waals surface area (Å²) in [5.41, 5.74) is 4.86. The highest BCUT2D eigenvalue weighted by molar-refractivity contribution is 6.25. The molecule has 2 amide bonds. The van der Waals surface area contributed by atoms with Crippen LogP contribution < -0.4 is 19.3 Å². The van der Waals surface area contributed by atoms with Crippen LogP contribution in [-0.2, 0) is 19.2 Å². The second kappa shape index (κ2) is 12.6. The molecule has 0 aromatic heterocycles. The summed E-state index contributed by atoms with van der Waals surface area (Å²) in [7, 11) is 6.82. The molecule has 11 heteroatoms. The molecule has 3 aromatic carbocycles. The molecule has 0 bridgehead atoms. The minimum Gasteiger partial charge on any atom is -0.508 e. The Balaban J connectivity index is 1.23.